The molecule has 2 amide bonds. The Morgan fingerprint density at radius 2 is 1.62 bits per heavy atom. The van der Waals surface area contributed by atoms with Gasteiger partial charge in [-0.1, -0.05) is 17.7 Å². The molecule has 1 atom stereocenters. The molecule has 0 saturated carbocycles. The van der Waals surface area contributed by atoms with Crippen LogP contribution in [0, 0.1) is 20.8 Å². The van der Waals surface area contributed by atoms with Gasteiger partial charge in [-0.15, -0.1) is 0 Å². The minimum absolute atomic E-state index is 0.139. The Bertz CT molecular complexity index is 838. The van der Waals surface area contributed by atoms with E-state index in [0.717, 1.165) is 16.7 Å². The lowest BCUT2D eigenvalue weighted by molar-refractivity contribution is -0.129. The van der Waals surface area contributed by atoms with Crippen LogP contribution in [0.5, 0.6) is 0 Å². The van der Waals surface area contributed by atoms with Gasteiger partial charge in [0, 0.05) is 32.7 Å². The summed E-state index contributed by atoms with van der Waals surface area (Å²) in [4.78, 5) is 26.2. The van der Waals surface area contributed by atoms with Crippen molar-refractivity contribution in [1.82, 2.24) is 19.8 Å². The Kier molecular flexibility index (Phi) is 7.79. The number of carbonyl (C=O) groups is 2. The third-order valence-electron chi connectivity index (χ3n) is 5.02. The molecule has 1 aromatic carbocycles. The number of aryl methyl sites for hydroxylation is 3. The zero-order chi connectivity index (χ0) is 21.8. The van der Waals surface area contributed by atoms with Crippen LogP contribution in [-0.2, 0) is 19.6 Å². The number of likely N-dealkylation sites (N-methyl/N-ethyl adjacent to an activating group) is 1. The summed E-state index contributed by atoms with van der Waals surface area (Å²) in [5, 5.41) is 5.34. The third kappa shape index (κ3) is 5.77. The van der Waals surface area contributed by atoms with Crippen LogP contribution < -0.4 is 10.6 Å². The van der Waals surface area contributed by atoms with Crippen molar-refractivity contribution in [2.45, 2.75) is 45.6 Å². The fraction of sp³-hybridized carbons (Fsp3) is 0.600. The summed E-state index contributed by atoms with van der Waals surface area (Å²) >= 11 is 0. The molecule has 8 nitrogen and oxygen atoms in total. The van der Waals surface area contributed by atoms with E-state index in [1.807, 2.05) is 44.7 Å². The average molecular weight is 425 g/mol. The molecule has 1 saturated heterocycles. The number of hydrogen-bond donors (Lipinski definition) is 2. The van der Waals surface area contributed by atoms with Crippen LogP contribution in [0.1, 0.15) is 30.5 Å². The predicted octanol–water partition coefficient (Wildman–Crippen LogP) is 0.559. The molecule has 0 aliphatic carbocycles. The van der Waals surface area contributed by atoms with Crippen LogP contribution in [0.2, 0.25) is 0 Å². The van der Waals surface area contributed by atoms with Gasteiger partial charge in [0.2, 0.25) is 21.8 Å². The number of rotatable bonds is 7. The molecule has 0 bridgehead atoms. The van der Waals surface area contributed by atoms with E-state index in [1.54, 1.807) is 6.92 Å². The molecule has 0 spiro atoms. The molecule has 0 aromatic heterocycles. The van der Waals surface area contributed by atoms with Crippen LogP contribution in [-0.4, -0.2) is 74.7 Å². The zero-order valence-electron chi connectivity index (χ0n) is 17.9. The first-order valence-electron chi connectivity index (χ1n) is 9.93. The van der Waals surface area contributed by atoms with Gasteiger partial charge in [-0.2, -0.15) is 4.31 Å². The van der Waals surface area contributed by atoms with Gasteiger partial charge < -0.3 is 10.6 Å². The van der Waals surface area contributed by atoms with E-state index in [9.17, 15) is 18.0 Å². The first-order valence-corrected chi connectivity index (χ1v) is 11.4. The standard InChI is InChI=1S/C20H32N4O4S/c1-6-21-20(26)17(5)22-18(25)13-23-7-9-24(10-8-23)29(27,28)19-15(3)11-14(2)12-16(19)4/h11-12,17H,6-10,13H2,1-5H3,(H,21,26)(H,22,25)/t17-/m1/s1. The molecule has 1 fully saturated rings. The zero-order valence-corrected chi connectivity index (χ0v) is 18.7. The second-order valence-electron chi connectivity index (χ2n) is 7.59. The van der Waals surface area contributed by atoms with Crippen LogP contribution in [0.3, 0.4) is 0 Å². The van der Waals surface area contributed by atoms with Crippen molar-refractivity contribution in [2.24, 2.45) is 0 Å². The Balaban J connectivity index is 1.95. The number of piperazine rings is 1. The second-order valence-corrected chi connectivity index (χ2v) is 9.47. The number of amides is 2. The van der Waals surface area contributed by atoms with E-state index in [1.165, 1.54) is 4.31 Å². The average Bonchev–Trinajstić information content (AvgIpc) is 2.61. The molecule has 2 rings (SSSR count). The fourth-order valence-electron chi connectivity index (χ4n) is 3.71. The summed E-state index contributed by atoms with van der Waals surface area (Å²) < 4.78 is 27.8. The molecular formula is C20H32N4O4S. The van der Waals surface area contributed by atoms with Gasteiger partial charge in [-0.3, -0.25) is 14.5 Å². The Morgan fingerprint density at radius 1 is 1.07 bits per heavy atom. The highest BCUT2D eigenvalue weighted by Gasteiger charge is 2.31. The lowest BCUT2D eigenvalue weighted by Gasteiger charge is -2.34. The van der Waals surface area contributed by atoms with Crippen molar-refractivity contribution in [3.05, 3.63) is 28.8 Å². The number of carbonyl (C=O) groups excluding carboxylic acids is 2. The quantitative estimate of drug-likeness (QED) is 0.666. The molecule has 162 valence electrons. The molecule has 1 aliphatic heterocycles. The van der Waals surface area contributed by atoms with Crippen LogP contribution in [0.15, 0.2) is 17.0 Å². The van der Waals surface area contributed by atoms with Gasteiger partial charge in [0.05, 0.1) is 11.4 Å². The summed E-state index contributed by atoms with van der Waals surface area (Å²) in [7, 11) is -3.58. The topological polar surface area (TPSA) is 98.8 Å². The summed E-state index contributed by atoms with van der Waals surface area (Å²) in [5.74, 6) is -0.467. The molecule has 9 heteroatoms. The predicted molar refractivity (Wildman–Crippen MR) is 112 cm³/mol. The highest BCUT2D eigenvalue weighted by atomic mass is 32.2. The molecule has 1 aromatic rings. The first-order chi connectivity index (χ1) is 13.6. The molecule has 0 unspecified atom stereocenters. The lowest BCUT2D eigenvalue weighted by atomic mass is 10.1. The second kappa shape index (κ2) is 9.69. The lowest BCUT2D eigenvalue weighted by Crippen LogP contribution is -2.53. The highest BCUT2D eigenvalue weighted by Crippen LogP contribution is 2.26. The molecular weight excluding hydrogens is 392 g/mol. The molecule has 1 aliphatic rings. The van der Waals surface area contributed by atoms with E-state index < -0.39 is 16.1 Å². The fourth-order valence-corrected chi connectivity index (χ4v) is 5.55. The van der Waals surface area contributed by atoms with E-state index >= 15 is 0 Å². The van der Waals surface area contributed by atoms with Gasteiger partial charge in [0.25, 0.3) is 0 Å². The normalized spacial score (nSPS) is 17.0. The van der Waals surface area contributed by atoms with Crippen molar-refractivity contribution in [3.63, 3.8) is 0 Å². The highest BCUT2D eigenvalue weighted by molar-refractivity contribution is 7.89. The van der Waals surface area contributed by atoms with Gasteiger partial charge in [-0.25, -0.2) is 8.42 Å². The van der Waals surface area contributed by atoms with Crippen LogP contribution in [0.4, 0.5) is 0 Å². The van der Waals surface area contributed by atoms with Crippen molar-refractivity contribution < 1.29 is 18.0 Å². The minimum Gasteiger partial charge on any atom is -0.355 e. The van der Waals surface area contributed by atoms with E-state index in [4.69, 9.17) is 0 Å². The number of benzene rings is 1. The summed E-state index contributed by atoms with van der Waals surface area (Å²) in [6.45, 7) is 11.3. The number of sulfonamides is 1. The van der Waals surface area contributed by atoms with Crippen molar-refractivity contribution in [3.8, 4) is 0 Å². The van der Waals surface area contributed by atoms with Gasteiger partial charge in [0.15, 0.2) is 0 Å². The van der Waals surface area contributed by atoms with Gasteiger partial charge in [0.1, 0.15) is 6.04 Å². The largest absolute Gasteiger partial charge is 0.355 e. The van der Waals surface area contributed by atoms with Crippen LogP contribution in [0.25, 0.3) is 0 Å². The van der Waals surface area contributed by atoms with Crippen molar-refractivity contribution in [1.29, 1.82) is 0 Å². The molecule has 29 heavy (non-hydrogen) atoms. The molecule has 2 N–H and O–H groups in total. The van der Waals surface area contributed by atoms with Crippen LogP contribution >= 0.6 is 0 Å². The number of nitrogens with one attached hydrogen (secondary N) is 2. The maximum atomic E-state index is 13.1. The summed E-state index contributed by atoms with van der Waals surface area (Å²) in [6, 6.07) is 3.17. The summed E-state index contributed by atoms with van der Waals surface area (Å²) in [6.07, 6.45) is 0. The minimum atomic E-state index is -3.58. The monoisotopic (exact) mass is 424 g/mol. The van der Waals surface area contributed by atoms with E-state index in [2.05, 4.69) is 10.6 Å². The third-order valence-corrected chi connectivity index (χ3v) is 7.23. The first kappa shape index (κ1) is 23.3. The maximum absolute atomic E-state index is 13.1. The Hall–Kier alpha value is -1.97. The Labute approximate surface area is 173 Å². The Morgan fingerprint density at radius 3 is 2.14 bits per heavy atom. The van der Waals surface area contributed by atoms with Crippen molar-refractivity contribution in [2.75, 3.05) is 39.3 Å². The summed E-state index contributed by atoms with van der Waals surface area (Å²) in [5.41, 5.74) is 2.55. The number of hydrogen-bond acceptors (Lipinski definition) is 5. The van der Waals surface area contributed by atoms with Gasteiger partial charge >= 0.3 is 0 Å². The van der Waals surface area contributed by atoms with E-state index in [-0.39, 0.29) is 18.4 Å². The SMILES string of the molecule is CCNC(=O)[C@@H](C)NC(=O)CN1CCN(S(=O)(=O)c2c(C)cc(C)cc2C)CC1. The molecule has 0 radical (unpaired) electrons. The molecule has 1 heterocycles. The van der Waals surface area contributed by atoms with Gasteiger partial charge in [-0.05, 0) is 45.7 Å². The van der Waals surface area contributed by atoms with Crippen molar-refractivity contribution >= 4 is 21.8 Å². The number of nitrogens with zero attached hydrogens (tertiary/aromatic N) is 2. The smallest absolute Gasteiger partial charge is 0.243 e. The maximum Gasteiger partial charge on any atom is 0.243 e. The van der Waals surface area contributed by atoms with E-state index in [0.29, 0.717) is 37.6 Å².